The third kappa shape index (κ3) is 3.98. The molecule has 0 saturated heterocycles. The molecule has 1 N–H and O–H groups in total. The van der Waals surface area contributed by atoms with Gasteiger partial charge >= 0.3 is 12.0 Å². The number of carboxylic acids is 1. The molecule has 1 aromatic rings. The van der Waals surface area contributed by atoms with E-state index in [1.165, 1.54) is 11.8 Å². The Balaban J connectivity index is 2.96. The molecule has 0 spiro atoms. The van der Waals surface area contributed by atoms with Crippen LogP contribution in [0.5, 0.6) is 0 Å². The summed E-state index contributed by atoms with van der Waals surface area (Å²) in [7, 11) is 0. The molecule has 0 radical (unpaired) electrons. The van der Waals surface area contributed by atoms with Crippen molar-refractivity contribution in [1.29, 1.82) is 0 Å². The Bertz CT molecular complexity index is 444. The van der Waals surface area contributed by atoms with E-state index in [1.54, 1.807) is 4.90 Å². The molecule has 20 heavy (non-hydrogen) atoms. The van der Waals surface area contributed by atoms with Crippen molar-refractivity contribution in [3.8, 4) is 0 Å². The fourth-order valence-electron chi connectivity index (χ4n) is 1.96. The average Bonchev–Trinajstić information content (AvgIpc) is 2.46. The lowest BCUT2D eigenvalue weighted by Crippen LogP contribution is -2.49. The fraction of sp³-hybridized carbons (Fsp3) is 0.467. The molecule has 0 aliphatic carbocycles. The van der Waals surface area contributed by atoms with Crippen LogP contribution in [0.15, 0.2) is 30.3 Å². The van der Waals surface area contributed by atoms with Crippen LogP contribution in [-0.4, -0.2) is 46.0 Å². The molecule has 110 valence electrons. The lowest BCUT2D eigenvalue weighted by molar-refractivity contribution is -0.141. The third-order valence-corrected chi connectivity index (χ3v) is 3.30. The zero-order valence-electron chi connectivity index (χ0n) is 12.2. The Morgan fingerprint density at radius 1 is 1.15 bits per heavy atom. The Labute approximate surface area is 119 Å². The number of urea groups is 1. The lowest BCUT2D eigenvalue weighted by atomic mass is 10.2. The summed E-state index contributed by atoms with van der Waals surface area (Å²) in [6.45, 7) is 6.72. The lowest BCUT2D eigenvalue weighted by Gasteiger charge is -2.32. The summed E-state index contributed by atoms with van der Waals surface area (Å²) in [6.07, 6.45) is 0. The first-order valence-corrected chi connectivity index (χ1v) is 6.83. The maximum atomic E-state index is 12.4. The van der Waals surface area contributed by atoms with Crippen molar-refractivity contribution in [3.63, 3.8) is 0 Å². The molecule has 1 aromatic carbocycles. The highest BCUT2D eigenvalue weighted by atomic mass is 16.4. The van der Waals surface area contributed by atoms with Crippen LogP contribution in [-0.2, 0) is 11.3 Å². The van der Waals surface area contributed by atoms with Crippen molar-refractivity contribution in [2.75, 3.05) is 13.1 Å². The van der Waals surface area contributed by atoms with Crippen molar-refractivity contribution in [3.05, 3.63) is 35.9 Å². The molecule has 0 aliphatic heterocycles. The average molecular weight is 278 g/mol. The molecule has 5 heteroatoms. The number of hydrogen-bond donors (Lipinski definition) is 1. The number of benzene rings is 1. The number of aliphatic carboxylic acids is 1. The number of nitrogens with zero attached hydrogens (tertiary/aromatic N) is 2. The van der Waals surface area contributed by atoms with Gasteiger partial charge in [-0.15, -0.1) is 0 Å². The summed E-state index contributed by atoms with van der Waals surface area (Å²) in [5.74, 6) is -0.999. The third-order valence-electron chi connectivity index (χ3n) is 3.30. The number of carbonyl (C=O) groups is 2. The maximum Gasteiger partial charge on any atom is 0.326 e. The number of amides is 2. The predicted molar refractivity (Wildman–Crippen MR) is 77.4 cm³/mol. The van der Waals surface area contributed by atoms with Crippen LogP contribution in [0.25, 0.3) is 0 Å². The molecule has 0 aliphatic rings. The van der Waals surface area contributed by atoms with E-state index in [1.807, 2.05) is 44.2 Å². The van der Waals surface area contributed by atoms with Crippen molar-refractivity contribution >= 4 is 12.0 Å². The highest BCUT2D eigenvalue weighted by Crippen LogP contribution is 2.12. The minimum Gasteiger partial charge on any atom is -0.480 e. The molecule has 0 bridgehead atoms. The topological polar surface area (TPSA) is 60.9 Å². The molecule has 0 heterocycles. The number of carbonyl (C=O) groups excluding carboxylic acids is 1. The molecule has 5 nitrogen and oxygen atoms in total. The molecule has 2 amide bonds. The van der Waals surface area contributed by atoms with Crippen molar-refractivity contribution in [2.24, 2.45) is 0 Å². The Kier molecular flexibility index (Phi) is 6.03. The molecule has 1 atom stereocenters. The van der Waals surface area contributed by atoms with Crippen LogP contribution in [0.1, 0.15) is 26.3 Å². The standard InChI is InChI=1S/C15H22N2O3/c1-4-16(5-2)15(20)17(12(3)14(18)19)11-13-9-7-6-8-10-13/h6-10,12H,4-5,11H2,1-3H3,(H,18,19). The molecule has 0 fully saturated rings. The first-order chi connectivity index (χ1) is 9.51. The van der Waals surface area contributed by atoms with E-state index in [0.29, 0.717) is 19.6 Å². The number of carboxylic acid groups (broad SMARTS) is 1. The summed E-state index contributed by atoms with van der Waals surface area (Å²) < 4.78 is 0. The SMILES string of the molecule is CCN(CC)C(=O)N(Cc1ccccc1)C(C)C(=O)O. The molecule has 1 rings (SSSR count). The zero-order valence-corrected chi connectivity index (χ0v) is 12.2. The van der Waals surface area contributed by atoms with Gasteiger partial charge in [-0.2, -0.15) is 0 Å². The quantitative estimate of drug-likeness (QED) is 0.869. The second kappa shape index (κ2) is 7.53. The van der Waals surface area contributed by atoms with Gasteiger partial charge in [-0.3, -0.25) is 0 Å². The molecule has 0 saturated carbocycles. The summed E-state index contributed by atoms with van der Waals surface area (Å²) >= 11 is 0. The Morgan fingerprint density at radius 2 is 1.70 bits per heavy atom. The maximum absolute atomic E-state index is 12.4. The van der Waals surface area contributed by atoms with Crippen molar-refractivity contribution < 1.29 is 14.7 Å². The van der Waals surface area contributed by atoms with E-state index in [0.717, 1.165) is 5.56 Å². The Morgan fingerprint density at radius 3 is 2.15 bits per heavy atom. The number of rotatable bonds is 6. The van der Waals surface area contributed by atoms with Gasteiger partial charge in [-0.1, -0.05) is 30.3 Å². The van der Waals surface area contributed by atoms with E-state index in [-0.39, 0.29) is 6.03 Å². The normalized spacial score (nSPS) is 11.8. The van der Waals surface area contributed by atoms with Crippen molar-refractivity contribution in [1.82, 2.24) is 9.80 Å². The zero-order chi connectivity index (χ0) is 15.1. The van der Waals surface area contributed by atoms with E-state index < -0.39 is 12.0 Å². The Hall–Kier alpha value is -2.04. The second-order valence-corrected chi connectivity index (χ2v) is 4.58. The fourth-order valence-corrected chi connectivity index (χ4v) is 1.96. The predicted octanol–water partition coefficient (Wildman–Crippen LogP) is 2.42. The van der Waals surface area contributed by atoms with Gasteiger partial charge in [0.25, 0.3) is 0 Å². The number of hydrogen-bond acceptors (Lipinski definition) is 2. The molecular formula is C15H22N2O3. The second-order valence-electron chi connectivity index (χ2n) is 4.58. The first kappa shape index (κ1) is 16.0. The van der Waals surface area contributed by atoms with Crippen LogP contribution >= 0.6 is 0 Å². The minimum atomic E-state index is -0.999. The van der Waals surface area contributed by atoms with Crippen LogP contribution < -0.4 is 0 Å². The van der Waals surface area contributed by atoms with Gasteiger partial charge in [-0.05, 0) is 26.3 Å². The van der Waals surface area contributed by atoms with Crippen LogP contribution in [0.4, 0.5) is 4.79 Å². The summed E-state index contributed by atoms with van der Waals surface area (Å²) in [4.78, 5) is 26.7. The van der Waals surface area contributed by atoms with Crippen LogP contribution in [0.3, 0.4) is 0 Å². The van der Waals surface area contributed by atoms with E-state index in [2.05, 4.69) is 0 Å². The smallest absolute Gasteiger partial charge is 0.326 e. The molecular weight excluding hydrogens is 256 g/mol. The molecule has 0 aromatic heterocycles. The van der Waals surface area contributed by atoms with Gasteiger partial charge in [0.1, 0.15) is 6.04 Å². The molecule has 1 unspecified atom stereocenters. The van der Waals surface area contributed by atoms with Gasteiger partial charge in [0.15, 0.2) is 0 Å². The van der Waals surface area contributed by atoms with E-state index >= 15 is 0 Å². The van der Waals surface area contributed by atoms with E-state index in [4.69, 9.17) is 0 Å². The summed E-state index contributed by atoms with van der Waals surface area (Å²) in [6, 6.07) is 8.31. The van der Waals surface area contributed by atoms with Gasteiger partial charge in [0, 0.05) is 19.6 Å². The summed E-state index contributed by atoms with van der Waals surface area (Å²) in [5.41, 5.74) is 0.918. The minimum absolute atomic E-state index is 0.242. The highest BCUT2D eigenvalue weighted by molar-refractivity contribution is 5.82. The van der Waals surface area contributed by atoms with Crippen molar-refractivity contribution in [2.45, 2.75) is 33.4 Å². The van der Waals surface area contributed by atoms with Gasteiger partial charge in [-0.25, -0.2) is 9.59 Å². The highest BCUT2D eigenvalue weighted by Gasteiger charge is 2.28. The van der Waals surface area contributed by atoms with Gasteiger partial charge < -0.3 is 14.9 Å². The summed E-state index contributed by atoms with van der Waals surface area (Å²) in [5, 5.41) is 9.19. The first-order valence-electron chi connectivity index (χ1n) is 6.83. The van der Waals surface area contributed by atoms with Crippen LogP contribution in [0, 0.1) is 0 Å². The van der Waals surface area contributed by atoms with Crippen LogP contribution in [0.2, 0.25) is 0 Å². The van der Waals surface area contributed by atoms with E-state index in [9.17, 15) is 14.7 Å². The monoisotopic (exact) mass is 278 g/mol. The largest absolute Gasteiger partial charge is 0.480 e. The van der Waals surface area contributed by atoms with Gasteiger partial charge in [0.2, 0.25) is 0 Å². The van der Waals surface area contributed by atoms with Gasteiger partial charge in [0.05, 0.1) is 0 Å².